The Kier molecular flexibility index (Phi) is 15.7. The third kappa shape index (κ3) is 14.2. The zero-order valence-corrected chi connectivity index (χ0v) is 19.2. The van der Waals surface area contributed by atoms with Gasteiger partial charge < -0.3 is 9.47 Å². The molecule has 0 aromatic heterocycles. The van der Waals surface area contributed by atoms with Gasteiger partial charge in [-0.1, -0.05) is 121 Å². The van der Waals surface area contributed by atoms with Crippen LogP contribution in [-0.2, 0) is 25.7 Å². The van der Waals surface area contributed by atoms with Gasteiger partial charge in [0, 0.05) is 0 Å². The van der Waals surface area contributed by atoms with Gasteiger partial charge in [-0.3, -0.25) is 4.79 Å². The fraction of sp³-hybridized carbons (Fsp3) is 0.692. The lowest BCUT2D eigenvalue weighted by Gasteiger charge is -2.11. The molecule has 0 heterocycles. The summed E-state index contributed by atoms with van der Waals surface area (Å²) in [5, 5.41) is 0. The molecule has 30 heavy (non-hydrogen) atoms. The van der Waals surface area contributed by atoms with Gasteiger partial charge in [-0.05, 0) is 12.0 Å². The van der Waals surface area contributed by atoms with Gasteiger partial charge in [-0.2, -0.15) is 0 Å². The Hall–Kier alpha value is -1.84. The Balaban J connectivity index is 1.94. The predicted molar refractivity (Wildman–Crippen MR) is 122 cm³/mol. The van der Waals surface area contributed by atoms with Crippen molar-refractivity contribution in [3.05, 3.63) is 35.9 Å². The molecule has 4 nitrogen and oxygen atoms in total. The van der Waals surface area contributed by atoms with Gasteiger partial charge in [-0.25, -0.2) is 4.79 Å². The number of esters is 2. The van der Waals surface area contributed by atoms with Crippen LogP contribution in [0.15, 0.2) is 30.3 Å². The minimum Gasteiger partial charge on any atom is -0.458 e. The molecule has 0 saturated heterocycles. The molecule has 0 aliphatic rings. The van der Waals surface area contributed by atoms with Crippen molar-refractivity contribution < 1.29 is 19.1 Å². The summed E-state index contributed by atoms with van der Waals surface area (Å²) < 4.78 is 10.2. The quantitative estimate of drug-likeness (QED) is 0.190. The van der Waals surface area contributed by atoms with Gasteiger partial charge in [0.1, 0.15) is 6.61 Å². The molecule has 1 unspecified atom stereocenters. The summed E-state index contributed by atoms with van der Waals surface area (Å²) in [7, 11) is 0. The molecule has 1 aromatic carbocycles. The third-order valence-electron chi connectivity index (χ3n) is 5.47. The molecule has 4 heteroatoms. The summed E-state index contributed by atoms with van der Waals surface area (Å²) in [6.07, 6.45) is 16.5. The van der Waals surface area contributed by atoms with Crippen molar-refractivity contribution >= 4 is 11.9 Å². The van der Waals surface area contributed by atoms with Crippen LogP contribution in [0.1, 0.15) is 103 Å². The Labute approximate surface area is 183 Å². The van der Waals surface area contributed by atoms with Crippen LogP contribution in [0.4, 0.5) is 0 Å². The summed E-state index contributed by atoms with van der Waals surface area (Å²) in [5.41, 5.74) is 0.914. The van der Waals surface area contributed by atoms with Crippen molar-refractivity contribution in [2.24, 2.45) is 5.92 Å². The summed E-state index contributed by atoms with van der Waals surface area (Å²) in [6, 6.07) is 9.46. The van der Waals surface area contributed by atoms with E-state index in [0.717, 1.165) is 24.8 Å². The average molecular weight is 419 g/mol. The van der Waals surface area contributed by atoms with E-state index >= 15 is 0 Å². The molecular formula is C26H42O4. The minimum atomic E-state index is -0.509. The molecule has 0 spiro atoms. The standard InChI is InChI=1S/C26H42O4/c1-3-4-5-6-7-8-9-10-11-12-13-15-18-23(2)26(28)30-22-25(27)29-21-24-19-16-14-17-20-24/h14,16-17,19-20,23H,3-13,15,18,21-22H2,1-2H3. The van der Waals surface area contributed by atoms with Crippen molar-refractivity contribution in [2.75, 3.05) is 6.61 Å². The second kappa shape index (κ2) is 18.0. The maximum Gasteiger partial charge on any atom is 0.344 e. The number of rotatable bonds is 18. The molecule has 0 radical (unpaired) electrons. The largest absolute Gasteiger partial charge is 0.458 e. The van der Waals surface area contributed by atoms with E-state index in [1.165, 1.54) is 64.2 Å². The van der Waals surface area contributed by atoms with Crippen LogP contribution in [0.25, 0.3) is 0 Å². The second-order valence-electron chi connectivity index (χ2n) is 8.33. The first kappa shape index (κ1) is 26.2. The topological polar surface area (TPSA) is 52.6 Å². The van der Waals surface area contributed by atoms with Crippen molar-refractivity contribution in [3.8, 4) is 0 Å². The fourth-order valence-electron chi connectivity index (χ4n) is 3.46. The van der Waals surface area contributed by atoms with Crippen molar-refractivity contribution in [1.82, 2.24) is 0 Å². The predicted octanol–water partition coefficient (Wildman–Crippen LogP) is 7.00. The molecule has 1 rings (SSSR count). The number of carbonyl (C=O) groups excluding carboxylic acids is 2. The second-order valence-corrected chi connectivity index (χ2v) is 8.33. The van der Waals surface area contributed by atoms with Gasteiger partial charge in [0.15, 0.2) is 6.61 Å². The van der Waals surface area contributed by atoms with Crippen LogP contribution in [0.2, 0.25) is 0 Å². The summed E-state index contributed by atoms with van der Waals surface area (Å²) >= 11 is 0. The van der Waals surface area contributed by atoms with E-state index < -0.39 is 5.97 Å². The van der Waals surface area contributed by atoms with Gasteiger partial charge in [0.25, 0.3) is 0 Å². The highest BCUT2D eigenvalue weighted by molar-refractivity contribution is 5.77. The van der Waals surface area contributed by atoms with Crippen LogP contribution in [0.5, 0.6) is 0 Å². The van der Waals surface area contributed by atoms with E-state index in [9.17, 15) is 9.59 Å². The molecule has 170 valence electrons. The minimum absolute atomic E-state index is 0.171. The first-order valence-electron chi connectivity index (χ1n) is 12.0. The monoisotopic (exact) mass is 418 g/mol. The number of benzene rings is 1. The van der Waals surface area contributed by atoms with Gasteiger partial charge in [0.2, 0.25) is 0 Å². The van der Waals surface area contributed by atoms with Crippen LogP contribution >= 0.6 is 0 Å². The Bertz CT molecular complexity index is 555. The molecule has 1 aromatic rings. The number of ether oxygens (including phenoxy) is 2. The summed E-state index contributed by atoms with van der Waals surface area (Å²) in [4.78, 5) is 23.7. The zero-order valence-electron chi connectivity index (χ0n) is 19.2. The summed E-state index contributed by atoms with van der Waals surface area (Å²) in [5.74, 6) is -0.991. The lowest BCUT2D eigenvalue weighted by molar-refractivity contribution is -0.161. The molecule has 0 N–H and O–H groups in total. The summed E-state index contributed by atoms with van der Waals surface area (Å²) in [6.45, 7) is 4.02. The van der Waals surface area contributed by atoms with Gasteiger partial charge >= 0.3 is 11.9 Å². The van der Waals surface area contributed by atoms with Crippen LogP contribution in [0, 0.1) is 5.92 Å². The van der Waals surface area contributed by atoms with E-state index in [1.807, 2.05) is 37.3 Å². The Morgan fingerprint density at radius 1 is 0.767 bits per heavy atom. The van der Waals surface area contributed by atoms with E-state index in [1.54, 1.807) is 0 Å². The van der Waals surface area contributed by atoms with E-state index in [2.05, 4.69) is 6.92 Å². The lowest BCUT2D eigenvalue weighted by atomic mass is 10.0. The molecule has 0 saturated carbocycles. The molecule has 1 atom stereocenters. The van der Waals surface area contributed by atoms with Gasteiger partial charge in [0.05, 0.1) is 5.92 Å². The fourth-order valence-corrected chi connectivity index (χ4v) is 3.46. The zero-order chi connectivity index (χ0) is 21.9. The van der Waals surface area contributed by atoms with E-state index in [0.29, 0.717) is 0 Å². The maximum atomic E-state index is 12.0. The average Bonchev–Trinajstić information content (AvgIpc) is 2.77. The molecular weight excluding hydrogens is 376 g/mol. The van der Waals surface area contributed by atoms with Crippen molar-refractivity contribution in [3.63, 3.8) is 0 Å². The van der Waals surface area contributed by atoms with E-state index in [-0.39, 0.29) is 25.1 Å². The van der Waals surface area contributed by atoms with Crippen LogP contribution < -0.4 is 0 Å². The van der Waals surface area contributed by atoms with Crippen LogP contribution in [0.3, 0.4) is 0 Å². The highest BCUT2D eigenvalue weighted by Gasteiger charge is 2.16. The highest BCUT2D eigenvalue weighted by atomic mass is 16.6. The number of unbranched alkanes of at least 4 members (excludes halogenated alkanes) is 11. The Morgan fingerprint density at radius 2 is 1.30 bits per heavy atom. The number of carbonyl (C=O) groups is 2. The molecule has 0 bridgehead atoms. The van der Waals surface area contributed by atoms with Crippen molar-refractivity contribution in [2.45, 2.75) is 104 Å². The molecule has 0 aliphatic carbocycles. The lowest BCUT2D eigenvalue weighted by Crippen LogP contribution is -2.20. The molecule has 0 fully saturated rings. The van der Waals surface area contributed by atoms with Crippen LogP contribution in [-0.4, -0.2) is 18.5 Å². The SMILES string of the molecule is CCCCCCCCCCCCCCC(C)C(=O)OCC(=O)OCc1ccccc1. The van der Waals surface area contributed by atoms with Crippen molar-refractivity contribution in [1.29, 1.82) is 0 Å². The first-order valence-corrected chi connectivity index (χ1v) is 12.0. The normalized spacial score (nSPS) is 11.8. The maximum absolute atomic E-state index is 12.0. The highest BCUT2D eigenvalue weighted by Crippen LogP contribution is 2.15. The first-order chi connectivity index (χ1) is 14.6. The third-order valence-corrected chi connectivity index (χ3v) is 5.47. The smallest absolute Gasteiger partial charge is 0.344 e. The molecule has 0 aliphatic heterocycles. The van der Waals surface area contributed by atoms with Gasteiger partial charge in [-0.15, -0.1) is 0 Å². The van der Waals surface area contributed by atoms with E-state index in [4.69, 9.17) is 9.47 Å². The number of hydrogen-bond acceptors (Lipinski definition) is 4. The Morgan fingerprint density at radius 3 is 1.87 bits per heavy atom. The molecule has 0 amide bonds. The number of hydrogen-bond donors (Lipinski definition) is 0.